The molecule has 2 aromatic rings. The number of non-ortho nitro benzene ring substituents is 1. The van der Waals surface area contributed by atoms with Gasteiger partial charge in [0.1, 0.15) is 35.4 Å². The minimum Gasteiger partial charge on any atom is -0.457 e. The number of aryl methyl sites for hydroxylation is 1. The highest BCUT2D eigenvalue weighted by Gasteiger charge is 2.14. The van der Waals surface area contributed by atoms with Gasteiger partial charge in [0.2, 0.25) is 0 Å². The van der Waals surface area contributed by atoms with Crippen LogP contribution in [-0.4, -0.2) is 4.92 Å². The van der Waals surface area contributed by atoms with Gasteiger partial charge >= 0.3 is 0 Å². The Hall–Kier alpha value is -4.06. The Morgan fingerprint density at radius 3 is 2.41 bits per heavy atom. The first-order valence-corrected chi connectivity index (χ1v) is 7.70. The number of halogens is 1. The summed E-state index contributed by atoms with van der Waals surface area (Å²) < 4.78 is 5.69. The minimum absolute atomic E-state index is 0.116. The van der Waals surface area contributed by atoms with Crippen LogP contribution in [-0.2, 0) is 0 Å². The molecule has 0 aliphatic rings. The first-order chi connectivity index (χ1) is 12.9. The topological polar surface area (TPSA) is 136 Å². The largest absolute Gasteiger partial charge is 0.457 e. The van der Waals surface area contributed by atoms with Gasteiger partial charge in [0.05, 0.1) is 11.0 Å². The van der Waals surface area contributed by atoms with Gasteiger partial charge in [-0.1, -0.05) is 11.6 Å². The van der Waals surface area contributed by atoms with Crippen LogP contribution < -0.4 is 10.1 Å². The van der Waals surface area contributed by atoms with Crippen molar-refractivity contribution < 1.29 is 9.66 Å². The first-order valence-electron chi connectivity index (χ1n) is 7.33. The number of nitrogens with zero attached hydrogens (tertiary/aromatic N) is 4. The molecule has 27 heavy (non-hydrogen) atoms. The molecule has 0 radical (unpaired) electrons. The zero-order valence-corrected chi connectivity index (χ0v) is 14.6. The molecule has 0 atom stereocenters. The fourth-order valence-electron chi connectivity index (χ4n) is 2.10. The molecular formula is C18H10ClN5O3. The molecule has 2 aromatic carbocycles. The van der Waals surface area contributed by atoms with Crippen LogP contribution in [0.3, 0.4) is 0 Å². The molecule has 0 saturated heterocycles. The Bertz CT molecular complexity index is 1060. The second kappa shape index (κ2) is 8.35. The van der Waals surface area contributed by atoms with E-state index in [0.29, 0.717) is 10.8 Å². The lowest BCUT2D eigenvalue weighted by Gasteiger charge is -2.11. The average Bonchev–Trinajstić information content (AvgIpc) is 2.64. The van der Waals surface area contributed by atoms with Crippen molar-refractivity contribution in [2.75, 3.05) is 5.32 Å². The summed E-state index contributed by atoms with van der Waals surface area (Å²) in [6.07, 6.45) is 0. The summed E-state index contributed by atoms with van der Waals surface area (Å²) in [5.74, 6) is 0.571. The molecule has 0 heterocycles. The zero-order valence-electron chi connectivity index (χ0n) is 13.9. The molecule has 2 rings (SSSR count). The number of anilines is 1. The highest BCUT2D eigenvalue weighted by molar-refractivity contribution is 6.30. The Balaban J connectivity index is 2.47. The van der Waals surface area contributed by atoms with E-state index in [1.54, 1.807) is 43.3 Å². The van der Waals surface area contributed by atoms with Gasteiger partial charge < -0.3 is 10.1 Å². The molecule has 0 saturated carbocycles. The van der Waals surface area contributed by atoms with E-state index in [4.69, 9.17) is 32.1 Å². The summed E-state index contributed by atoms with van der Waals surface area (Å²) in [6, 6.07) is 13.5. The van der Waals surface area contributed by atoms with E-state index in [2.05, 4.69) is 5.32 Å². The van der Waals surface area contributed by atoms with E-state index in [1.165, 1.54) is 12.1 Å². The van der Waals surface area contributed by atoms with Crippen molar-refractivity contribution in [3.63, 3.8) is 0 Å². The predicted molar refractivity (Wildman–Crippen MR) is 96.8 cm³/mol. The third kappa shape index (κ3) is 4.73. The van der Waals surface area contributed by atoms with Crippen LogP contribution in [0.2, 0.25) is 5.02 Å². The zero-order chi connectivity index (χ0) is 20.0. The monoisotopic (exact) mass is 379 g/mol. The maximum atomic E-state index is 11.2. The first kappa shape index (κ1) is 19.3. The summed E-state index contributed by atoms with van der Waals surface area (Å²) >= 11 is 5.90. The van der Waals surface area contributed by atoms with Crippen molar-refractivity contribution in [1.29, 1.82) is 15.8 Å². The highest BCUT2D eigenvalue weighted by Crippen LogP contribution is 2.32. The second-order valence-electron chi connectivity index (χ2n) is 5.19. The number of nitriles is 3. The quantitative estimate of drug-likeness (QED) is 0.455. The second-order valence-corrected chi connectivity index (χ2v) is 5.63. The maximum absolute atomic E-state index is 11.2. The van der Waals surface area contributed by atoms with E-state index in [9.17, 15) is 10.1 Å². The summed E-state index contributed by atoms with van der Waals surface area (Å²) in [6.45, 7) is 1.76. The van der Waals surface area contributed by atoms with Gasteiger partial charge in [0.25, 0.3) is 5.69 Å². The van der Waals surface area contributed by atoms with Crippen LogP contribution in [0.15, 0.2) is 47.7 Å². The molecule has 0 amide bonds. The number of nitro benzene ring substituents is 1. The minimum atomic E-state index is -0.627. The number of nitrogens with one attached hydrogen (secondary N) is 1. The van der Waals surface area contributed by atoms with Crippen molar-refractivity contribution in [1.82, 2.24) is 0 Å². The summed E-state index contributed by atoms with van der Waals surface area (Å²) in [4.78, 5) is 10.6. The molecule has 0 aliphatic carbocycles. The third-order valence-electron chi connectivity index (χ3n) is 3.32. The van der Waals surface area contributed by atoms with Crippen molar-refractivity contribution in [2.45, 2.75) is 6.92 Å². The number of hydrogen-bond donors (Lipinski definition) is 1. The third-order valence-corrected chi connectivity index (χ3v) is 3.56. The number of allylic oxidation sites excluding steroid dienone is 2. The summed E-state index contributed by atoms with van der Waals surface area (Å²) in [5.41, 5.74) is -0.230. The van der Waals surface area contributed by atoms with Crippen molar-refractivity contribution in [3.8, 4) is 29.7 Å². The summed E-state index contributed by atoms with van der Waals surface area (Å²) in [5, 5.41) is 41.1. The Morgan fingerprint density at radius 2 is 1.85 bits per heavy atom. The standard InChI is InChI=1S/C18H10ClN5O3/c1-11-4-13(19)2-3-18(11)27-16-6-14(5-15(7-16)24(25)26)23-17(10-22)12(8-20)9-21/h2-7,23H,1H3. The molecule has 132 valence electrons. The number of nitro groups is 1. The van der Waals surface area contributed by atoms with Crippen LogP contribution in [0.25, 0.3) is 0 Å². The molecule has 0 spiro atoms. The van der Waals surface area contributed by atoms with Crippen LogP contribution in [0.1, 0.15) is 5.56 Å². The fraction of sp³-hybridized carbons (Fsp3) is 0.0556. The molecule has 0 unspecified atom stereocenters. The molecule has 0 fully saturated rings. The molecule has 1 N–H and O–H groups in total. The van der Waals surface area contributed by atoms with E-state index in [0.717, 1.165) is 11.6 Å². The van der Waals surface area contributed by atoms with Crippen LogP contribution in [0.5, 0.6) is 11.5 Å². The van der Waals surface area contributed by atoms with Gasteiger partial charge in [-0.05, 0) is 30.7 Å². The van der Waals surface area contributed by atoms with Crippen LogP contribution in [0.4, 0.5) is 11.4 Å². The van der Waals surface area contributed by atoms with Gasteiger partial charge in [-0.2, -0.15) is 15.8 Å². The number of benzene rings is 2. The van der Waals surface area contributed by atoms with E-state index in [-0.39, 0.29) is 22.8 Å². The predicted octanol–water partition coefficient (Wildman–Crippen LogP) is 4.59. The molecule has 0 bridgehead atoms. The van der Waals surface area contributed by atoms with E-state index < -0.39 is 10.5 Å². The van der Waals surface area contributed by atoms with Gasteiger partial charge in [-0.15, -0.1) is 0 Å². The van der Waals surface area contributed by atoms with Crippen LogP contribution >= 0.6 is 11.6 Å². The number of rotatable bonds is 5. The van der Waals surface area contributed by atoms with Gasteiger partial charge in [-0.25, -0.2) is 0 Å². The van der Waals surface area contributed by atoms with E-state index >= 15 is 0 Å². The molecule has 0 aromatic heterocycles. The van der Waals surface area contributed by atoms with Crippen molar-refractivity contribution in [3.05, 3.63) is 68.4 Å². The normalized spacial score (nSPS) is 9.30. The molecular weight excluding hydrogens is 370 g/mol. The Kier molecular flexibility index (Phi) is 5.96. The average molecular weight is 380 g/mol. The summed E-state index contributed by atoms with van der Waals surface area (Å²) in [7, 11) is 0. The molecule has 0 aliphatic heterocycles. The number of hydrogen-bond acceptors (Lipinski definition) is 7. The van der Waals surface area contributed by atoms with Crippen molar-refractivity contribution in [2.24, 2.45) is 0 Å². The lowest BCUT2D eigenvalue weighted by atomic mass is 10.2. The maximum Gasteiger partial charge on any atom is 0.275 e. The van der Waals surface area contributed by atoms with Gasteiger partial charge in [0.15, 0.2) is 5.57 Å². The SMILES string of the molecule is Cc1cc(Cl)ccc1Oc1cc(NC(C#N)=C(C#N)C#N)cc([N+](=O)[O-])c1. The van der Waals surface area contributed by atoms with Gasteiger partial charge in [0, 0.05) is 22.8 Å². The Morgan fingerprint density at radius 1 is 1.15 bits per heavy atom. The smallest absolute Gasteiger partial charge is 0.275 e. The molecule has 8 nitrogen and oxygen atoms in total. The highest BCUT2D eigenvalue weighted by atomic mass is 35.5. The Labute approximate surface area is 159 Å². The fourth-order valence-corrected chi connectivity index (χ4v) is 2.33. The van der Waals surface area contributed by atoms with Crippen LogP contribution in [0, 0.1) is 51.0 Å². The lowest BCUT2D eigenvalue weighted by molar-refractivity contribution is -0.384. The van der Waals surface area contributed by atoms with Gasteiger partial charge in [-0.3, -0.25) is 10.1 Å². The molecule has 9 heteroatoms. The number of ether oxygens (including phenoxy) is 1. The van der Waals surface area contributed by atoms with Crippen molar-refractivity contribution >= 4 is 23.0 Å². The van der Waals surface area contributed by atoms with E-state index in [1.807, 2.05) is 0 Å². The lowest BCUT2D eigenvalue weighted by Crippen LogP contribution is -2.02.